The molecule has 16 heavy (non-hydrogen) atoms. The van der Waals surface area contributed by atoms with E-state index in [1.54, 1.807) is 12.4 Å². The maximum Gasteiger partial charge on any atom is 0.149 e. The molecule has 0 atom stereocenters. The van der Waals surface area contributed by atoms with E-state index < -0.39 is 0 Å². The Morgan fingerprint density at radius 3 is 2.50 bits per heavy atom. The van der Waals surface area contributed by atoms with Crippen LogP contribution in [0.5, 0.6) is 0 Å². The minimum Gasteiger partial charge on any atom is -0.382 e. The van der Waals surface area contributed by atoms with Gasteiger partial charge in [0.25, 0.3) is 0 Å². The van der Waals surface area contributed by atoms with Crippen LogP contribution in [0.25, 0.3) is 0 Å². The number of anilines is 2. The van der Waals surface area contributed by atoms with Crippen LogP contribution in [0, 0.1) is 0 Å². The summed E-state index contributed by atoms with van der Waals surface area (Å²) in [6, 6.07) is 0.870. The van der Waals surface area contributed by atoms with E-state index in [4.69, 9.17) is 5.73 Å². The fourth-order valence-electron chi connectivity index (χ4n) is 2.28. The molecular formula is C11H17N5. The second-order valence-electron chi connectivity index (χ2n) is 4.56. The van der Waals surface area contributed by atoms with E-state index in [-0.39, 0.29) is 0 Å². The highest BCUT2D eigenvalue weighted by molar-refractivity contribution is 5.41. The van der Waals surface area contributed by atoms with Crippen molar-refractivity contribution in [3.05, 3.63) is 12.4 Å². The molecule has 1 aromatic heterocycles. The summed E-state index contributed by atoms with van der Waals surface area (Å²) in [6.07, 6.45) is 6.16. The Bertz CT molecular complexity index is 368. The Morgan fingerprint density at radius 1 is 1.12 bits per heavy atom. The Morgan fingerprint density at radius 2 is 1.88 bits per heavy atom. The quantitative estimate of drug-likeness (QED) is 0.777. The van der Waals surface area contributed by atoms with Gasteiger partial charge in [-0.1, -0.05) is 0 Å². The van der Waals surface area contributed by atoms with E-state index in [9.17, 15) is 0 Å². The standard InChI is InChI=1S/C11H17N5/c12-10-7-13-8-11(14-10)16-5-3-15(4-6-16)9-1-2-9/h7-9H,1-6H2,(H2,12,14). The lowest BCUT2D eigenvalue weighted by Gasteiger charge is -2.35. The monoisotopic (exact) mass is 219 g/mol. The Hall–Kier alpha value is -1.36. The molecule has 2 N–H and O–H groups in total. The molecule has 0 aromatic carbocycles. The van der Waals surface area contributed by atoms with Crippen LogP contribution in [-0.4, -0.2) is 47.1 Å². The van der Waals surface area contributed by atoms with Gasteiger partial charge in [0.05, 0.1) is 12.4 Å². The number of hydrogen-bond donors (Lipinski definition) is 1. The summed E-state index contributed by atoms with van der Waals surface area (Å²) >= 11 is 0. The average molecular weight is 219 g/mol. The van der Waals surface area contributed by atoms with Gasteiger partial charge >= 0.3 is 0 Å². The molecule has 2 aliphatic rings. The highest BCUT2D eigenvalue weighted by atomic mass is 15.3. The smallest absolute Gasteiger partial charge is 0.149 e. The summed E-state index contributed by atoms with van der Waals surface area (Å²) in [4.78, 5) is 13.2. The summed E-state index contributed by atoms with van der Waals surface area (Å²) in [5, 5.41) is 0. The minimum absolute atomic E-state index is 0.502. The van der Waals surface area contributed by atoms with Gasteiger partial charge in [0.2, 0.25) is 0 Å². The van der Waals surface area contributed by atoms with Gasteiger partial charge in [-0.05, 0) is 12.8 Å². The van der Waals surface area contributed by atoms with Gasteiger partial charge in [0.15, 0.2) is 0 Å². The minimum atomic E-state index is 0.502. The third-order valence-corrected chi connectivity index (χ3v) is 3.34. The van der Waals surface area contributed by atoms with Gasteiger partial charge in [0, 0.05) is 32.2 Å². The number of nitrogen functional groups attached to an aromatic ring is 1. The molecule has 1 saturated carbocycles. The Labute approximate surface area is 95.3 Å². The van der Waals surface area contributed by atoms with Crippen LogP contribution in [0.4, 0.5) is 11.6 Å². The normalized spacial score (nSPS) is 22.4. The predicted octanol–water partition coefficient (Wildman–Crippen LogP) is 0.343. The van der Waals surface area contributed by atoms with Crippen molar-refractivity contribution in [2.45, 2.75) is 18.9 Å². The van der Waals surface area contributed by atoms with Crippen molar-refractivity contribution in [3.63, 3.8) is 0 Å². The first-order valence-electron chi connectivity index (χ1n) is 5.89. The lowest BCUT2D eigenvalue weighted by atomic mass is 10.3. The summed E-state index contributed by atoms with van der Waals surface area (Å²) in [5.41, 5.74) is 5.64. The molecular weight excluding hydrogens is 202 g/mol. The number of nitrogens with zero attached hydrogens (tertiary/aromatic N) is 4. The van der Waals surface area contributed by atoms with Gasteiger partial charge in [0.1, 0.15) is 11.6 Å². The molecule has 0 amide bonds. The molecule has 1 aliphatic heterocycles. The van der Waals surface area contributed by atoms with Crippen molar-refractivity contribution in [3.8, 4) is 0 Å². The zero-order valence-corrected chi connectivity index (χ0v) is 9.34. The molecule has 3 rings (SSSR count). The molecule has 0 radical (unpaired) electrons. The first kappa shape index (κ1) is 9.84. The van der Waals surface area contributed by atoms with E-state index in [0.717, 1.165) is 38.0 Å². The van der Waals surface area contributed by atoms with Crippen molar-refractivity contribution in [1.29, 1.82) is 0 Å². The number of aromatic nitrogens is 2. The van der Waals surface area contributed by atoms with Gasteiger partial charge < -0.3 is 10.6 Å². The van der Waals surface area contributed by atoms with Crippen LogP contribution < -0.4 is 10.6 Å². The summed E-state index contributed by atoms with van der Waals surface area (Å²) in [7, 11) is 0. The van der Waals surface area contributed by atoms with Gasteiger partial charge in [-0.15, -0.1) is 0 Å². The van der Waals surface area contributed by atoms with Crippen LogP contribution >= 0.6 is 0 Å². The molecule has 0 unspecified atom stereocenters. The number of nitrogens with two attached hydrogens (primary N) is 1. The SMILES string of the molecule is Nc1cncc(N2CCN(C3CC3)CC2)n1. The summed E-state index contributed by atoms with van der Waals surface area (Å²) in [5.74, 6) is 1.41. The summed E-state index contributed by atoms with van der Waals surface area (Å²) < 4.78 is 0. The first-order valence-corrected chi connectivity index (χ1v) is 5.89. The second kappa shape index (κ2) is 3.90. The molecule has 0 spiro atoms. The molecule has 0 bridgehead atoms. The molecule has 1 aromatic rings. The van der Waals surface area contributed by atoms with Crippen LogP contribution in [0.2, 0.25) is 0 Å². The Kier molecular flexibility index (Phi) is 2.40. The van der Waals surface area contributed by atoms with Crippen LogP contribution in [0.1, 0.15) is 12.8 Å². The molecule has 2 heterocycles. The van der Waals surface area contributed by atoms with Crippen molar-refractivity contribution in [1.82, 2.24) is 14.9 Å². The lowest BCUT2D eigenvalue weighted by Crippen LogP contribution is -2.47. The summed E-state index contributed by atoms with van der Waals surface area (Å²) in [6.45, 7) is 4.35. The van der Waals surface area contributed by atoms with Gasteiger partial charge in [-0.2, -0.15) is 0 Å². The Balaban J connectivity index is 1.64. The zero-order chi connectivity index (χ0) is 11.0. The van der Waals surface area contributed by atoms with Crippen molar-refractivity contribution in [2.24, 2.45) is 0 Å². The van der Waals surface area contributed by atoms with E-state index in [0.29, 0.717) is 5.82 Å². The molecule has 86 valence electrons. The number of hydrogen-bond acceptors (Lipinski definition) is 5. The molecule has 5 nitrogen and oxygen atoms in total. The van der Waals surface area contributed by atoms with Crippen LogP contribution in [0.15, 0.2) is 12.4 Å². The third-order valence-electron chi connectivity index (χ3n) is 3.34. The van der Waals surface area contributed by atoms with E-state index in [1.807, 2.05) is 0 Å². The van der Waals surface area contributed by atoms with Gasteiger partial charge in [-0.3, -0.25) is 9.88 Å². The van der Waals surface area contributed by atoms with E-state index >= 15 is 0 Å². The average Bonchev–Trinajstić information content (AvgIpc) is 3.13. The fraction of sp³-hybridized carbons (Fsp3) is 0.636. The zero-order valence-electron chi connectivity index (χ0n) is 9.34. The number of piperazine rings is 1. The molecule has 5 heteroatoms. The highest BCUT2D eigenvalue weighted by Gasteiger charge is 2.31. The largest absolute Gasteiger partial charge is 0.382 e. The molecule has 2 fully saturated rings. The maximum atomic E-state index is 5.64. The third kappa shape index (κ3) is 1.95. The van der Waals surface area contributed by atoms with Crippen molar-refractivity contribution >= 4 is 11.6 Å². The predicted molar refractivity (Wildman–Crippen MR) is 63.3 cm³/mol. The van der Waals surface area contributed by atoms with Gasteiger partial charge in [-0.25, -0.2) is 4.98 Å². The fourth-order valence-corrected chi connectivity index (χ4v) is 2.28. The highest BCUT2D eigenvalue weighted by Crippen LogP contribution is 2.28. The topological polar surface area (TPSA) is 58.3 Å². The van der Waals surface area contributed by atoms with Crippen LogP contribution in [0.3, 0.4) is 0 Å². The lowest BCUT2D eigenvalue weighted by molar-refractivity contribution is 0.247. The molecule has 1 saturated heterocycles. The van der Waals surface area contributed by atoms with E-state index in [1.165, 1.54) is 12.8 Å². The van der Waals surface area contributed by atoms with Crippen molar-refractivity contribution < 1.29 is 0 Å². The van der Waals surface area contributed by atoms with Crippen molar-refractivity contribution in [2.75, 3.05) is 36.8 Å². The van der Waals surface area contributed by atoms with E-state index in [2.05, 4.69) is 19.8 Å². The first-order chi connectivity index (χ1) is 7.83. The van der Waals surface area contributed by atoms with Crippen LogP contribution in [-0.2, 0) is 0 Å². The molecule has 1 aliphatic carbocycles. The maximum absolute atomic E-state index is 5.64. The number of rotatable bonds is 2. The second-order valence-corrected chi connectivity index (χ2v) is 4.56.